The Bertz CT molecular complexity index is 960. The maximum absolute atomic E-state index is 14.1. The van der Waals surface area contributed by atoms with Gasteiger partial charge in [0.1, 0.15) is 23.5 Å². The Morgan fingerprint density at radius 1 is 1.37 bits per heavy atom. The number of nitrogens with one attached hydrogen (secondary N) is 1. The summed E-state index contributed by atoms with van der Waals surface area (Å²) in [4.78, 5) is 24.8. The van der Waals surface area contributed by atoms with Crippen molar-refractivity contribution in [3.63, 3.8) is 0 Å². The van der Waals surface area contributed by atoms with Crippen molar-refractivity contribution in [2.75, 3.05) is 12.3 Å². The minimum absolute atomic E-state index is 0.0582. The second-order valence-electron chi connectivity index (χ2n) is 5.56. The summed E-state index contributed by atoms with van der Waals surface area (Å²) in [5, 5.41) is 2.60. The zero-order valence-electron chi connectivity index (χ0n) is 14.8. The van der Waals surface area contributed by atoms with Crippen molar-refractivity contribution < 1.29 is 18.3 Å². The number of oxazole rings is 1. The van der Waals surface area contributed by atoms with Gasteiger partial charge >= 0.3 is 0 Å². The molecule has 140 valence electrons. The second-order valence-corrected chi connectivity index (χ2v) is 5.56. The van der Waals surface area contributed by atoms with Gasteiger partial charge in [-0.15, -0.1) is 0 Å². The van der Waals surface area contributed by atoms with Crippen LogP contribution in [0.15, 0.2) is 35.1 Å². The van der Waals surface area contributed by atoms with Gasteiger partial charge < -0.3 is 20.2 Å². The van der Waals surface area contributed by atoms with E-state index in [2.05, 4.69) is 20.3 Å². The molecule has 0 saturated carbocycles. The Balaban J connectivity index is 1.81. The van der Waals surface area contributed by atoms with E-state index in [4.69, 9.17) is 14.9 Å². The molecule has 0 fully saturated rings. The van der Waals surface area contributed by atoms with Crippen molar-refractivity contribution in [2.24, 2.45) is 0 Å². The first-order valence-electron chi connectivity index (χ1n) is 8.23. The zero-order chi connectivity index (χ0) is 19.4. The van der Waals surface area contributed by atoms with Gasteiger partial charge in [-0.05, 0) is 26.0 Å². The standard InChI is InChI=1S/C18H18FN5O3/c1-3-26-13-6-4-5-12(19)11(13)9-22-17(25)15-16(20)24-14(10(2)23-15)18-21-7-8-27-18/h4-8H,3,9H2,1-2H3,(H2,20,24)(H,22,25). The summed E-state index contributed by atoms with van der Waals surface area (Å²) in [6, 6.07) is 4.48. The Hall–Kier alpha value is -3.49. The molecule has 3 aromatic rings. The van der Waals surface area contributed by atoms with Gasteiger partial charge in [-0.25, -0.2) is 19.3 Å². The van der Waals surface area contributed by atoms with E-state index in [1.165, 1.54) is 18.5 Å². The normalized spacial score (nSPS) is 10.6. The summed E-state index contributed by atoms with van der Waals surface area (Å²) in [6.45, 7) is 3.75. The number of nitrogen functional groups attached to an aromatic ring is 1. The van der Waals surface area contributed by atoms with Crippen molar-refractivity contribution in [1.29, 1.82) is 0 Å². The van der Waals surface area contributed by atoms with Crippen LogP contribution in [0.4, 0.5) is 10.2 Å². The highest BCUT2D eigenvalue weighted by Crippen LogP contribution is 2.23. The highest BCUT2D eigenvalue weighted by Gasteiger charge is 2.19. The zero-order valence-corrected chi connectivity index (χ0v) is 14.8. The molecule has 0 aliphatic rings. The van der Waals surface area contributed by atoms with Crippen LogP contribution in [0.1, 0.15) is 28.7 Å². The van der Waals surface area contributed by atoms with Crippen LogP contribution >= 0.6 is 0 Å². The maximum Gasteiger partial charge on any atom is 0.274 e. The van der Waals surface area contributed by atoms with Crippen LogP contribution in [0.2, 0.25) is 0 Å². The minimum atomic E-state index is -0.576. The van der Waals surface area contributed by atoms with Crippen LogP contribution < -0.4 is 15.8 Å². The molecule has 2 aromatic heterocycles. The van der Waals surface area contributed by atoms with Gasteiger partial charge in [0.05, 0.1) is 18.5 Å². The van der Waals surface area contributed by atoms with Gasteiger partial charge in [0.2, 0.25) is 5.89 Å². The van der Waals surface area contributed by atoms with E-state index >= 15 is 0 Å². The van der Waals surface area contributed by atoms with Gasteiger partial charge in [-0.1, -0.05) is 6.07 Å². The molecule has 0 spiro atoms. The van der Waals surface area contributed by atoms with Crippen molar-refractivity contribution in [3.05, 3.63) is 53.4 Å². The predicted molar refractivity (Wildman–Crippen MR) is 95.4 cm³/mol. The van der Waals surface area contributed by atoms with Crippen LogP contribution in [0, 0.1) is 12.7 Å². The maximum atomic E-state index is 14.1. The molecule has 3 N–H and O–H groups in total. The first-order valence-corrected chi connectivity index (χ1v) is 8.23. The first kappa shape index (κ1) is 18.3. The molecule has 0 aliphatic heterocycles. The number of rotatable bonds is 6. The quantitative estimate of drug-likeness (QED) is 0.684. The fourth-order valence-electron chi connectivity index (χ4n) is 2.50. The topological polar surface area (TPSA) is 116 Å². The molecule has 1 aromatic carbocycles. The van der Waals surface area contributed by atoms with E-state index in [-0.39, 0.29) is 29.5 Å². The number of aryl methyl sites for hydroxylation is 1. The number of hydrogen-bond donors (Lipinski definition) is 2. The van der Waals surface area contributed by atoms with Crippen molar-refractivity contribution in [2.45, 2.75) is 20.4 Å². The molecule has 3 rings (SSSR count). The number of hydrogen-bond acceptors (Lipinski definition) is 7. The van der Waals surface area contributed by atoms with Crippen LogP contribution in [0.3, 0.4) is 0 Å². The minimum Gasteiger partial charge on any atom is -0.493 e. The molecule has 1 amide bonds. The lowest BCUT2D eigenvalue weighted by Crippen LogP contribution is -2.26. The number of nitrogens with zero attached hydrogens (tertiary/aromatic N) is 3. The number of carbonyl (C=O) groups excluding carboxylic acids is 1. The van der Waals surface area contributed by atoms with E-state index < -0.39 is 11.7 Å². The monoisotopic (exact) mass is 371 g/mol. The van der Waals surface area contributed by atoms with E-state index in [0.29, 0.717) is 23.7 Å². The highest BCUT2D eigenvalue weighted by molar-refractivity contribution is 5.96. The summed E-state index contributed by atoms with van der Waals surface area (Å²) >= 11 is 0. The summed E-state index contributed by atoms with van der Waals surface area (Å²) in [7, 11) is 0. The van der Waals surface area contributed by atoms with Gasteiger partial charge in [-0.2, -0.15) is 0 Å². The molecule has 0 aliphatic carbocycles. The summed E-state index contributed by atoms with van der Waals surface area (Å²) in [5.41, 5.74) is 6.83. The van der Waals surface area contributed by atoms with Crippen LogP contribution in [0.25, 0.3) is 11.6 Å². The Kier molecular flexibility index (Phi) is 5.30. The number of anilines is 1. The van der Waals surface area contributed by atoms with Gasteiger partial charge in [-0.3, -0.25) is 4.79 Å². The first-order chi connectivity index (χ1) is 13.0. The second kappa shape index (κ2) is 7.81. The molecule has 2 heterocycles. The third-order valence-corrected chi connectivity index (χ3v) is 3.75. The van der Waals surface area contributed by atoms with E-state index in [1.807, 2.05) is 0 Å². The molecule has 9 heteroatoms. The van der Waals surface area contributed by atoms with Crippen molar-refractivity contribution in [1.82, 2.24) is 20.3 Å². The molecule has 0 radical (unpaired) electrons. The number of amides is 1. The molecule has 8 nitrogen and oxygen atoms in total. The average molecular weight is 371 g/mol. The number of ether oxygens (including phenoxy) is 1. The molecule has 0 atom stereocenters. The summed E-state index contributed by atoms with van der Waals surface area (Å²) < 4.78 is 24.7. The Morgan fingerprint density at radius 3 is 2.89 bits per heavy atom. The van der Waals surface area contributed by atoms with E-state index in [0.717, 1.165) is 0 Å². The number of nitrogens with two attached hydrogens (primary N) is 1. The van der Waals surface area contributed by atoms with E-state index in [1.54, 1.807) is 26.0 Å². The predicted octanol–water partition coefficient (Wildman–Crippen LogP) is 2.49. The van der Waals surface area contributed by atoms with Crippen LogP contribution in [0.5, 0.6) is 5.75 Å². The molecule has 27 heavy (non-hydrogen) atoms. The number of carbonyl (C=O) groups is 1. The summed E-state index contributed by atoms with van der Waals surface area (Å²) in [6.07, 6.45) is 2.87. The van der Waals surface area contributed by atoms with Crippen molar-refractivity contribution in [3.8, 4) is 17.3 Å². The molecule has 0 bridgehead atoms. The fraction of sp³-hybridized carbons (Fsp3) is 0.222. The lowest BCUT2D eigenvalue weighted by molar-refractivity contribution is 0.0945. The van der Waals surface area contributed by atoms with E-state index in [9.17, 15) is 9.18 Å². The molecule has 0 unspecified atom stereocenters. The number of benzene rings is 1. The third-order valence-electron chi connectivity index (χ3n) is 3.75. The summed E-state index contributed by atoms with van der Waals surface area (Å²) in [5.74, 6) is -0.507. The Morgan fingerprint density at radius 2 is 2.19 bits per heavy atom. The molecule has 0 saturated heterocycles. The number of aromatic nitrogens is 3. The van der Waals surface area contributed by atoms with Crippen LogP contribution in [-0.4, -0.2) is 27.5 Å². The smallest absolute Gasteiger partial charge is 0.274 e. The lowest BCUT2D eigenvalue weighted by atomic mass is 10.2. The average Bonchev–Trinajstić information content (AvgIpc) is 3.17. The van der Waals surface area contributed by atoms with Crippen molar-refractivity contribution >= 4 is 11.7 Å². The lowest BCUT2D eigenvalue weighted by Gasteiger charge is -2.13. The SMILES string of the molecule is CCOc1cccc(F)c1CNC(=O)c1nc(C)c(-c2ncco2)nc1N. The fourth-order valence-corrected chi connectivity index (χ4v) is 2.50. The van der Waals surface area contributed by atoms with Gasteiger partial charge in [0.15, 0.2) is 11.5 Å². The largest absolute Gasteiger partial charge is 0.493 e. The van der Waals surface area contributed by atoms with Crippen LogP contribution in [-0.2, 0) is 6.54 Å². The number of halogens is 1. The van der Waals surface area contributed by atoms with Gasteiger partial charge in [0, 0.05) is 12.1 Å². The Labute approximate surface area is 154 Å². The van der Waals surface area contributed by atoms with Gasteiger partial charge in [0.25, 0.3) is 5.91 Å². The highest BCUT2D eigenvalue weighted by atomic mass is 19.1. The molecular weight excluding hydrogens is 353 g/mol. The molecular formula is C18H18FN5O3. The third kappa shape index (κ3) is 3.86.